The highest BCUT2D eigenvalue weighted by molar-refractivity contribution is 6.12. The Labute approximate surface area is 175 Å². The first kappa shape index (κ1) is 21.6. The summed E-state index contributed by atoms with van der Waals surface area (Å²) in [5.74, 6) is -3.45. The molecule has 1 aliphatic heterocycles. The highest BCUT2D eigenvalue weighted by Gasteiger charge is 2.47. The number of dihydropyridines is 1. The van der Waals surface area contributed by atoms with Gasteiger partial charge in [0.2, 0.25) is 0 Å². The summed E-state index contributed by atoms with van der Waals surface area (Å²) in [5.41, 5.74) is 2.48. The third-order valence-corrected chi connectivity index (χ3v) is 5.51. The van der Waals surface area contributed by atoms with Crippen LogP contribution < -0.4 is 5.32 Å². The number of phenolic OH excluding ortho intramolecular Hbond substituents is 1. The maximum Gasteiger partial charge on any atom is 0.337 e. The van der Waals surface area contributed by atoms with Crippen LogP contribution in [0.2, 0.25) is 0 Å². The number of Topliss-reactive ketones (excluding diaryl/α,β-unsaturated/α-hetero) is 1. The molecule has 0 unspecified atom stereocenters. The third kappa shape index (κ3) is 3.84. The number of nitrogens with one attached hydrogen (secondary N) is 1. The van der Waals surface area contributed by atoms with Gasteiger partial charge in [0, 0.05) is 22.9 Å². The molecule has 7 heteroatoms. The number of benzene rings is 1. The van der Waals surface area contributed by atoms with E-state index in [0.717, 1.165) is 0 Å². The van der Waals surface area contributed by atoms with Crippen LogP contribution in [0.3, 0.4) is 0 Å². The first-order valence-corrected chi connectivity index (χ1v) is 9.98. The number of carbonyl (C=O) groups is 3. The first-order chi connectivity index (χ1) is 14.1. The molecule has 30 heavy (non-hydrogen) atoms. The smallest absolute Gasteiger partial charge is 0.337 e. The Morgan fingerprint density at radius 3 is 2.57 bits per heavy atom. The highest BCUT2D eigenvalue weighted by Crippen LogP contribution is 2.45. The van der Waals surface area contributed by atoms with Gasteiger partial charge in [-0.3, -0.25) is 9.59 Å². The predicted octanol–water partition coefficient (Wildman–Crippen LogP) is 2.96. The molecular formula is C23H27NO6. The fraction of sp³-hybridized carbons (Fsp3) is 0.435. The Morgan fingerprint density at radius 1 is 1.27 bits per heavy atom. The van der Waals surface area contributed by atoms with Crippen LogP contribution in [0.5, 0.6) is 5.75 Å². The standard InChI is InChI=1S/C23H27NO6/c1-11(2)30-23(28)18-13(4)24-16-9-12(3)17(22(27)29-5)21(26)20(16)19(18)14-7-6-8-15(25)10-14/h6-8,10-12,17,19,24-25H,9H2,1-5H3/t12-,17-,19-/m0/s1. The summed E-state index contributed by atoms with van der Waals surface area (Å²) < 4.78 is 10.3. The number of methoxy groups -OCH3 is 1. The lowest BCUT2D eigenvalue weighted by Gasteiger charge is -2.38. The minimum absolute atomic E-state index is 0.0172. The van der Waals surface area contributed by atoms with Gasteiger partial charge >= 0.3 is 11.9 Å². The molecule has 0 amide bonds. The average molecular weight is 413 g/mol. The molecule has 1 aliphatic carbocycles. The van der Waals surface area contributed by atoms with Crippen molar-refractivity contribution in [1.29, 1.82) is 0 Å². The van der Waals surface area contributed by atoms with Crippen molar-refractivity contribution in [2.24, 2.45) is 11.8 Å². The molecule has 1 aromatic rings. The van der Waals surface area contributed by atoms with Crippen molar-refractivity contribution < 1.29 is 29.0 Å². The zero-order valence-electron chi connectivity index (χ0n) is 17.8. The number of ether oxygens (including phenoxy) is 2. The summed E-state index contributed by atoms with van der Waals surface area (Å²) >= 11 is 0. The van der Waals surface area contributed by atoms with E-state index >= 15 is 0 Å². The molecule has 0 aromatic heterocycles. The average Bonchev–Trinajstić information content (AvgIpc) is 2.65. The van der Waals surface area contributed by atoms with Gasteiger partial charge in [-0.25, -0.2) is 4.79 Å². The summed E-state index contributed by atoms with van der Waals surface area (Å²) in [5, 5.41) is 13.2. The van der Waals surface area contributed by atoms with E-state index in [4.69, 9.17) is 9.47 Å². The van der Waals surface area contributed by atoms with Gasteiger partial charge in [-0.1, -0.05) is 19.1 Å². The Balaban J connectivity index is 2.19. The Morgan fingerprint density at radius 2 is 1.97 bits per heavy atom. The second-order valence-electron chi connectivity index (χ2n) is 8.08. The number of phenols is 1. The van der Waals surface area contributed by atoms with Crippen molar-refractivity contribution >= 4 is 17.7 Å². The second-order valence-corrected chi connectivity index (χ2v) is 8.08. The van der Waals surface area contributed by atoms with E-state index in [1.54, 1.807) is 32.9 Å². The Bertz CT molecular complexity index is 958. The van der Waals surface area contributed by atoms with Crippen LogP contribution in [0.4, 0.5) is 0 Å². The van der Waals surface area contributed by atoms with E-state index in [1.807, 2.05) is 6.92 Å². The number of hydrogen-bond acceptors (Lipinski definition) is 7. The monoisotopic (exact) mass is 413 g/mol. The fourth-order valence-corrected chi connectivity index (χ4v) is 4.27. The van der Waals surface area contributed by atoms with E-state index in [0.29, 0.717) is 34.5 Å². The molecule has 0 fully saturated rings. The number of esters is 2. The summed E-state index contributed by atoms with van der Waals surface area (Å²) in [6.07, 6.45) is 0.114. The van der Waals surface area contributed by atoms with E-state index in [1.165, 1.54) is 19.2 Å². The normalized spacial score (nSPS) is 23.8. The topological polar surface area (TPSA) is 102 Å². The van der Waals surface area contributed by atoms with Crippen LogP contribution in [0.15, 0.2) is 46.8 Å². The zero-order chi connectivity index (χ0) is 22.2. The van der Waals surface area contributed by atoms with Gasteiger partial charge in [0.15, 0.2) is 5.78 Å². The zero-order valence-corrected chi connectivity index (χ0v) is 17.8. The number of ketones is 1. The van der Waals surface area contributed by atoms with Gasteiger partial charge in [0.25, 0.3) is 0 Å². The molecule has 3 rings (SSSR count). The third-order valence-electron chi connectivity index (χ3n) is 5.51. The maximum absolute atomic E-state index is 13.5. The molecule has 3 atom stereocenters. The Kier molecular flexibility index (Phi) is 6.01. The van der Waals surface area contributed by atoms with Crippen LogP contribution in [0.1, 0.15) is 45.6 Å². The lowest BCUT2D eigenvalue weighted by atomic mass is 9.69. The number of allylic oxidation sites excluding steroid dienone is 3. The number of aromatic hydroxyl groups is 1. The lowest BCUT2D eigenvalue weighted by molar-refractivity contribution is -0.151. The summed E-state index contributed by atoms with van der Waals surface area (Å²) in [4.78, 5) is 38.9. The van der Waals surface area contributed by atoms with Gasteiger partial charge in [-0.2, -0.15) is 0 Å². The first-order valence-electron chi connectivity index (χ1n) is 9.98. The largest absolute Gasteiger partial charge is 0.508 e. The lowest BCUT2D eigenvalue weighted by Crippen LogP contribution is -2.43. The van der Waals surface area contributed by atoms with Crippen molar-refractivity contribution in [2.45, 2.75) is 46.1 Å². The second kappa shape index (κ2) is 8.34. The number of hydrogen-bond donors (Lipinski definition) is 2. The Hall–Kier alpha value is -3.09. The van der Waals surface area contributed by atoms with Crippen molar-refractivity contribution in [2.75, 3.05) is 7.11 Å². The van der Waals surface area contributed by atoms with Crippen LogP contribution >= 0.6 is 0 Å². The fourth-order valence-electron chi connectivity index (χ4n) is 4.27. The van der Waals surface area contributed by atoms with Gasteiger partial charge in [-0.15, -0.1) is 0 Å². The molecule has 0 saturated heterocycles. The molecule has 0 saturated carbocycles. The number of carbonyl (C=O) groups excluding carboxylic acids is 3. The molecule has 2 aliphatic rings. The molecule has 1 aromatic carbocycles. The van der Waals surface area contributed by atoms with Crippen LogP contribution in [0.25, 0.3) is 0 Å². The molecule has 1 heterocycles. The molecule has 2 N–H and O–H groups in total. The SMILES string of the molecule is COC(=O)[C@@H]1C(=O)C2=C(C[C@@H]1C)NC(C)=C(C(=O)OC(C)C)[C@@H]2c1cccc(O)c1. The minimum atomic E-state index is -0.948. The number of rotatable bonds is 4. The van der Waals surface area contributed by atoms with Crippen molar-refractivity contribution in [3.8, 4) is 5.75 Å². The summed E-state index contributed by atoms with van der Waals surface area (Å²) in [6, 6.07) is 6.44. The van der Waals surface area contributed by atoms with E-state index in [9.17, 15) is 19.5 Å². The quantitative estimate of drug-likeness (QED) is 0.578. The highest BCUT2D eigenvalue weighted by atomic mass is 16.5. The molecule has 7 nitrogen and oxygen atoms in total. The van der Waals surface area contributed by atoms with Gasteiger partial charge in [-0.05, 0) is 50.8 Å². The maximum atomic E-state index is 13.5. The summed E-state index contributed by atoms with van der Waals surface area (Å²) in [6.45, 7) is 7.09. The van der Waals surface area contributed by atoms with E-state index < -0.39 is 23.8 Å². The molecule has 0 spiro atoms. The molecule has 160 valence electrons. The van der Waals surface area contributed by atoms with Crippen LogP contribution in [0, 0.1) is 11.8 Å². The summed E-state index contributed by atoms with van der Waals surface area (Å²) in [7, 11) is 1.26. The van der Waals surface area contributed by atoms with Crippen molar-refractivity contribution in [3.05, 3.63) is 52.4 Å². The van der Waals surface area contributed by atoms with Gasteiger partial charge in [0.1, 0.15) is 11.7 Å². The molecule has 0 bridgehead atoms. The van der Waals surface area contributed by atoms with E-state index in [2.05, 4.69) is 5.32 Å². The molecular weight excluding hydrogens is 386 g/mol. The van der Waals surface area contributed by atoms with Gasteiger partial charge < -0.3 is 19.9 Å². The minimum Gasteiger partial charge on any atom is -0.508 e. The predicted molar refractivity (Wildman–Crippen MR) is 109 cm³/mol. The van der Waals surface area contributed by atoms with Crippen LogP contribution in [-0.4, -0.2) is 36.0 Å². The van der Waals surface area contributed by atoms with Crippen molar-refractivity contribution in [1.82, 2.24) is 5.32 Å². The molecule has 0 radical (unpaired) electrons. The van der Waals surface area contributed by atoms with E-state index in [-0.39, 0.29) is 23.6 Å². The van der Waals surface area contributed by atoms with Crippen molar-refractivity contribution in [3.63, 3.8) is 0 Å². The van der Waals surface area contributed by atoms with Gasteiger partial charge in [0.05, 0.1) is 18.8 Å². The van der Waals surface area contributed by atoms with Crippen LogP contribution in [-0.2, 0) is 23.9 Å².